The highest BCUT2D eigenvalue weighted by atomic mass is 79.9. The number of halogens is 1. The van der Waals surface area contributed by atoms with Crippen LogP contribution in [0.25, 0.3) is 0 Å². The molecular formula is C13H17BrN2O3. The number of rotatable bonds is 4. The van der Waals surface area contributed by atoms with Gasteiger partial charge in [-0.2, -0.15) is 0 Å². The lowest BCUT2D eigenvalue weighted by molar-refractivity contribution is -0.384. The molecule has 0 bridgehead atoms. The molecule has 1 aliphatic rings. The lowest BCUT2D eigenvalue weighted by atomic mass is 9.93. The summed E-state index contributed by atoms with van der Waals surface area (Å²) in [5, 5.41) is 14.2. The molecule has 0 radical (unpaired) electrons. The fourth-order valence-electron chi connectivity index (χ4n) is 2.40. The number of hydrogen-bond donors (Lipinski definition) is 1. The molecule has 0 spiro atoms. The minimum Gasteiger partial charge on any atom is -0.381 e. The second kappa shape index (κ2) is 6.34. The largest absolute Gasteiger partial charge is 0.381 e. The standard InChI is InChI=1S/C13H17BrN2O3/c1-19-11-5-2-9(3-6-11)15-13-8-10(16(17)18)4-7-12(13)14/h4,7-9,11,15H,2-3,5-6H2,1H3. The quantitative estimate of drug-likeness (QED) is 0.675. The van der Waals surface area contributed by atoms with Gasteiger partial charge in [-0.1, -0.05) is 0 Å². The number of nitro groups is 1. The van der Waals surface area contributed by atoms with Crippen molar-refractivity contribution in [2.45, 2.75) is 37.8 Å². The Morgan fingerprint density at radius 3 is 2.63 bits per heavy atom. The van der Waals surface area contributed by atoms with Crippen LogP contribution in [0.5, 0.6) is 0 Å². The number of nitrogens with one attached hydrogen (secondary N) is 1. The predicted molar refractivity (Wildman–Crippen MR) is 77.5 cm³/mol. The molecule has 104 valence electrons. The van der Waals surface area contributed by atoms with Crippen molar-refractivity contribution in [3.05, 3.63) is 32.8 Å². The van der Waals surface area contributed by atoms with E-state index in [0.29, 0.717) is 12.1 Å². The zero-order chi connectivity index (χ0) is 13.8. The van der Waals surface area contributed by atoms with Gasteiger partial charge in [0, 0.05) is 29.8 Å². The van der Waals surface area contributed by atoms with Gasteiger partial charge in [-0.05, 0) is 47.7 Å². The molecule has 0 unspecified atom stereocenters. The summed E-state index contributed by atoms with van der Waals surface area (Å²) in [6.45, 7) is 0. The number of benzene rings is 1. The van der Waals surface area contributed by atoms with Crippen LogP contribution in [0.1, 0.15) is 25.7 Å². The lowest BCUT2D eigenvalue weighted by Gasteiger charge is -2.29. The summed E-state index contributed by atoms with van der Waals surface area (Å²) >= 11 is 3.42. The Morgan fingerprint density at radius 2 is 2.05 bits per heavy atom. The van der Waals surface area contributed by atoms with Gasteiger partial charge >= 0.3 is 0 Å². The summed E-state index contributed by atoms with van der Waals surface area (Å²) in [6.07, 6.45) is 4.45. The summed E-state index contributed by atoms with van der Waals surface area (Å²) < 4.78 is 6.19. The van der Waals surface area contributed by atoms with Gasteiger partial charge in [0.15, 0.2) is 0 Å². The predicted octanol–water partition coefficient (Wildman–Crippen LogP) is 3.73. The van der Waals surface area contributed by atoms with Gasteiger partial charge in [0.1, 0.15) is 0 Å². The Morgan fingerprint density at radius 1 is 1.37 bits per heavy atom. The van der Waals surface area contributed by atoms with Crippen LogP contribution in [0.2, 0.25) is 0 Å². The van der Waals surface area contributed by atoms with Gasteiger partial charge in [-0.25, -0.2) is 0 Å². The van der Waals surface area contributed by atoms with E-state index in [2.05, 4.69) is 21.2 Å². The highest BCUT2D eigenvalue weighted by molar-refractivity contribution is 9.10. The smallest absolute Gasteiger partial charge is 0.271 e. The molecule has 6 heteroatoms. The molecule has 0 atom stereocenters. The molecule has 0 amide bonds. The average molecular weight is 329 g/mol. The third-order valence-corrected chi connectivity index (χ3v) is 4.22. The van der Waals surface area contributed by atoms with E-state index < -0.39 is 0 Å². The van der Waals surface area contributed by atoms with Crippen LogP contribution < -0.4 is 5.32 Å². The monoisotopic (exact) mass is 328 g/mol. The fourth-order valence-corrected chi connectivity index (χ4v) is 2.76. The van der Waals surface area contributed by atoms with Crippen molar-refractivity contribution < 1.29 is 9.66 Å². The molecule has 1 aromatic carbocycles. The maximum atomic E-state index is 10.8. The molecule has 2 rings (SSSR count). The number of ether oxygens (including phenoxy) is 1. The zero-order valence-electron chi connectivity index (χ0n) is 10.8. The summed E-state index contributed by atoms with van der Waals surface area (Å²) in [5.41, 5.74) is 0.895. The highest BCUT2D eigenvalue weighted by Gasteiger charge is 2.21. The van der Waals surface area contributed by atoms with Crippen molar-refractivity contribution in [2.24, 2.45) is 0 Å². The second-order valence-corrected chi connectivity index (χ2v) is 5.63. The first-order valence-corrected chi connectivity index (χ1v) is 7.12. The molecule has 1 N–H and O–H groups in total. The first-order valence-electron chi connectivity index (χ1n) is 6.33. The van der Waals surface area contributed by atoms with Gasteiger partial charge in [-0.15, -0.1) is 0 Å². The minimum absolute atomic E-state index is 0.108. The first kappa shape index (κ1) is 14.3. The molecule has 1 saturated carbocycles. The van der Waals surface area contributed by atoms with Crippen molar-refractivity contribution >= 4 is 27.3 Å². The van der Waals surface area contributed by atoms with E-state index in [0.717, 1.165) is 35.8 Å². The van der Waals surface area contributed by atoms with Crippen LogP contribution >= 0.6 is 15.9 Å². The van der Waals surface area contributed by atoms with Crippen molar-refractivity contribution in [1.82, 2.24) is 0 Å². The van der Waals surface area contributed by atoms with Crippen molar-refractivity contribution in [3.8, 4) is 0 Å². The highest BCUT2D eigenvalue weighted by Crippen LogP contribution is 2.30. The summed E-state index contributed by atoms with van der Waals surface area (Å²) in [4.78, 5) is 10.4. The van der Waals surface area contributed by atoms with Crippen LogP contribution in [-0.4, -0.2) is 24.2 Å². The maximum Gasteiger partial charge on any atom is 0.271 e. The average Bonchev–Trinajstić information content (AvgIpc) is 2.42. The molecule has 1 aliphatic carbocycles. The number of anilines is 1. The van der Waals surface area contributed by atoms with Gasteiger partial charge in [-0.3, -0.25) is 10.1 Å². The lowest BCUT2D eigenvalue weighted by Crippen LogP contribution is -2.29. The van der Waals surface area contributed by atoms with E-state index in [4.69, 9.17) is 4.74 Å². The Hall–Kier alpha value is -1.14. The van der Waals surface area contributed by atoms with E-state index in [1.165, 1.54) is 6.07 Å². The summed E-state index contributed by atoms with van der Waals surface area (Å²) in [5.74, 6) is 0. The molecule has 5 nitrogen and oxygen atoms in total. The number of non-ortho nitro benzene ring substituents is 1. The molecule has 1 aromatic rings. The van der Waals surface area contributed by atoms with Crippen LogP contribution in [-0.2, 0) is 4.74 Å². The number of methoxy groups -OCH3 is 1. The molecule has 1 fully saturated rings. The van der Waals surface area contributed by atoms with Crippen LogP contribution in [0.3, 0.4) is 0 Å². The van der Waals surface area contributed by atoms with Crippen LogP contribution in [0, 0.1) is 10.1 Å². The van der Waals surface area contributed by atoms with E-state index in [1.54, 1.807) is 19.2 Å². The van der Waals surface area contributed by atoms with E-state index in [-0.39, 0.29) is 10.6 Å². The Labute approximate surface area is 120 Å². The Bertz CT molecular complexity index is 459. The summed E-state index contributed by atoms with van der Waals surface area (Å²) in [6, 6.07) is 5.13. The molecule has 0 aromatic heterocycles. The first-order chi connectivity index (χ1) is 9.10. The number of hydrogen-bond acceptors (Lipinski definition) is 4. The van der Waals surface area contributed by atoms with Crippen molar-refractivity contribution in [3.63, 3.8) is 0 Å². The number of nitro benzene ring substituents is 1. The maximum absolute atomic E-state index is 10.8. The van der Waals surface area contributed by atoms with Crippen molar-refractivity contribution in [2.75, 3.05) is 12.4 Å². The SMILES string of the molecule is COC1CCC(Nc2cc([N+](=O)[O-])ccc2Br)CC1. The minimum atomic E-state index is -0.376. The molecule has 0 aliphatic heterocycles. The zero-order valence-corrected chi connectivity index (χ0v) is 12.4. The fraction of sp³-hybridized carbons (Fsp3) is 0.538. The van der Waals surface area contributed by atoms with E-state index in [9.17, 15) is 10.1 Å². The van der Waals surface area contributed by atoms with Gasteiger partial charge < -0.3 is 10.1 Å². The van der Waals surface area contributed by atoms with Crippen LogP contribution in [0.15, 0.2) is 22.7 Å². The summed E-state index contributed by atoms with van der Waals surface area (Å²) in [7, 11) is 1.75. The Kier molecular flexibility index (Phi) is 4.76. The molecule has 0 heterocycles. The van der Waals surface area contributed by atoms with E-state index >= 15 is 0 Å². The van der Waals surface area contributed by atoms with Crippen LogP contribution in [0.4, 0.5) is 11.4 Å². The second-order valence-electron chi connectivity index (χ2n) is 4.77. The third kappa shape index (κ3) is 3.67. The topological polar surface area (TPSA) is 64.4 Å². The molecular weight excluding hydrogens is 312 g/mol. The van der Waals surface area contributed by atoms with Gasteiger partial charge in [0.05, 0.1) is 16.7 Å². The number of nitrogens with zero attached hydrogens (tertiary/aromatic N) is 1. The molecule has 0 saturated heterocycles. The Balaban J connectivity index is 2.03. The van der Waals surface area contributed by atoms with Gasteiger partial charge in [0.25, 0.3) is 5.69 Å². The normalized spacial score (nSPS) is 23.1. The molecule has 19 heavy (non-hydrogen) atoms. The van der Waals surface area contributed by atoms with E-state index in [1.807, 2.05) is 0 Å². The van der Waals surface area contributed by atoms with Crippen molar-refractivity contribution in [1.29, 1.82) is 0 Å². The third-order valence-electron chi connectivity index (χ3n) is 3.53. The van der Waals surface area contributed by atoms with Gasteiger partial charge in [0.2, 0.25) is 0 Å².